The van der Waals surface area contributed by atoms with Gasteiger partial charge in [-0.3, -0.25) is 9.89 Å². The lowest BCUT2D eigenvalue weighted by molar-refractivity contribution is -0.113. The van der Waals surface area contributed by atoms with Crippen LogP contribution >= 0.6 is 11.8 Å². The minimum absolute atomic E-state index is 0.122. The first-order valence-corrected chi connectivity index (χ1v) is 10.8. The molecule has 0 spiro atoms. The standard InChI is InChI=1S/C16H21N5O4S2/c1-11-3-4-13(27(23,24)21-5-7-25-8-6-21)9-14(11)18-15(22)10-26-16-17-12(2)19-20-16/h3-4,9H,5-8,10H2,1-2H3,(H,18,22)(H,17,19,20). The first-order valence-electron chi connectivity index (χ1n) is 8.36. The summed E-state index contributed by atoms with van der Waals surface area (Å²) in [4.78, 5) is 16.5. The molecule has 0 saturated carbocycles. The summed E-state index contributed by atoms with van der Waals surface area (Å²) in [5.41, 5.74) is 1.25. The van der Waals surface area contributed by atoms with Crippen LogP contribution in [0.3, 0.4) is 0 Å². The van der Waals surface area contributed by atoms with Gasteiger partial charge in [0.2, 0.25) is 21.1 Å². The van der Waals surface area contributed by atoms with Crippen LogP contribution in [-0.4, -0.2) is 65.9 Å². The van der Waals surface area contributed by atoms with Gasteiger partial charge in [-0.05, 0) is 31.5 Å². The van der Waals surface area contributed by atoms with E-state index in [1.807, 2.05) is 6.92 Å². The lowest BCUT2D eigenvalue weighted by Gasteiger charge is -2.26. The Morgan fingerprint density at radius 1 is 1.33 bits per heavy atom. The fraction of sp³-hybridized carbons (Fsp3) is 0.438. The molecule has 27 heavy (non-hydrogen) atoms. The summed E-state index contributed by atoms with van der Waals surface area (Å²) in [6.45, 7) is 5.00. The van der Waals surface area contributed by atoms with Gasteiger partial charge in [-0.2, -0.15) is 4.31 Å². The zero-order chi connectivity index (χ0) is 19.4. The van der Waals surface area contributed by atoms with Gasteiger partial charge in [-0.15, -0.1) is 5.10 Å². The average Bonchev–Trinajstić information content (AvgIpc) is 3.08. The second-order valence-corrected chi connectivity index (χ2v) is 8.91. The molecule has 1 fully saturated rings. The number of aromatic nitrogens is 3. The van der Waals surface area contributed by atoms with Crippen LogP contribution in [0.2, 0.25) is 0 Å². The Bertz CT molecular complexity index is 923. The number of benzene rings is 1. The van der Waals surface area contributed by atoms with E-state index in [2.05, 4.69) is 20.5 Å². The quantitative estimate of drug-likeness (QED) is 0.685. The molecule has 1 aliphatic rings. The van der Waals surface area contributed by atoms with E-state index in [0.29, 0.717) is 43.0 Å². The smallest absolute Gasteiger partial charge is 0.243 e. The number of amides is 1. The Morgan fingerprint density at radius 3 is 2.74 bits per heavy atom. The van der Waals surface area contributed by atoms with E-state index in [1.54, 1.807) is 19.1 Å². The van der Waals surface area contributed by atoms with Gasteiger partial charge in [0.05, 0.1) is 23.9 Å². The summed E-state index contributed by atoms with van der Waals surface area (Å²) in [6, 6.07) is 4.75. The molecule has 2 aromatic rings. The minimum atomic E-state index is -3.62. The van der Waals surface area contributed by atoms with Crippen molar-refractivity contribution in [3.63, 3.8) is 0 Å². The second kappa shape index (κ2) is 8.38. The maximum absolute atomic E-state index is 12.8. The highest BCUT2D eigenvalue weighted by atomic mass is 32.2. The fourth-order valence-electron chi connectivity index (χ4n) is 2.54. The van der Waals surface area contributed by atoms with Gasteiger partial charge in [-0.1, -0.05) is 17.8 Å². The molecule has 11 heteroatoms. The Hall–Kier alpha value is -1.95. The highest BCUT2D eigenvalue weighted by Gasteiger charge is 2.26. The largest absolute Gasteiger partial charge is 0.379 e. The molecule has 0 radical (unpaired) electrons. The number of sulfonamides is 1. The Morgan fingerprint density at radius 2 is 2.07 bits per heavy atom. The molecule has 3 rings (SSSR count). The number of ether oxygens (including phenoxy) is 1. The number of aryl methyl sites for hydroxylation is 2. The third-order valence-corrected chi connectivity index (χ3v) is 6.74. The van der Waals surface area contributed by atoms with E-state index in [1.165, 1.54) is 22.1 Å². The molecule has 1 amide bonds. The van der Waals surface area contributed by atoms with Crippen molar-refractivity contribution in [1.29, 1.82) is 0 Å². The van der Waals surface area contributed by atoms with Crippen molar-refractivity contribution in [2.24, 2.45) is 0 Å². The number of rotatable bonds is 6. The number of nitrogens with one attached hydrogen (secondary N) is 2. The van der Waals surface area contributed by atoms with Gasteiger partial charge in [0.1, 0.15) is 5.82 Å². The highest BCUT2D eigenvalue weighted by Crippen LogP contribution is 2.24. The van der Waals surface area contributed by atoms with Crippen molar-refractivity contribution < 1.29 is 17.9 Å². The molecule has 9 nitrogen and oxygen atoms in total. The summed E-state index contributed by atoms with van der Waals surface area (Å²) < 4.78 is 32.2. The number of morpholine rings is 1. The normalized spacial score (nSPS) is 15.6. The third-order valence-electron chi connectivity index (χ3n) is 4.00. The molecule has 1 aromatic carbocycles. The number of hydrogen-bond acceptors (Lipinski definition) is 7. The minimum Gasteiger partial charge on any atom is -0.379 e. The number of H-pyrrole nitrogens is 1. The number of carbonyl (C=O) groups is 1. The topological polar surface area (TPSA) is 117 Å². The molecular formula is C16H21N5O4S2. The zero-order valence-electron chi connectivity index (χ0n) is 15.1. The van der Waals surface area contributed by atoms with Crippen molar-refractivity contribution in [1.82, 2.24) is 19.5 Å². The first-order chi connectivity index (χ1) is 12.9. The lowest BCUT2D eigenvalue weighted by atomic mass is 10.2. The van der Waals surface area contributed by atoms with Crippen LogP contribution in [0.1, 0.15) is 11.4 Å². The van der Waals surface area contributed by atoms with Crippen molar-refractivity contribution in [3.8, 4) is 0 Å². The SMILES string of the molecule is Cc1nc(SCC(=O)Nc2cc(S(=O)(=O)N3CCOCC3)ccc2C)n[nH]1. The van der Waals surface area contributed by atoms with E-state index in [-0.39, 0.29) is 16.6 Å². The second-order valence-electron chi connectivity index (χ2n) is 6.03. The van der Waals surface area contributed by atoms with E-state index in [0.717, 1.165) is 5.56 Å². The van der Waals surface area contributed by atoms with Crippen LogP contribution in [0.5, 0.6) is 0 Å². The molecule has 0 aliphatic carbocycles. The third kappa shape index (κ3) is 4.86. The molecule has 1 aliphatic heterocycles. The van der Waals surface area contributed by atoms with Crippen molar-refractivity contribution in [2.45, 2.75) is 23.9 Å². The van der Waals surface area contributed by atoms with E-state index in [4.69, 9.17) is 4.74 Å². The summed E-state index contributed by atoms with van der Waals surface area (Å²) >= 11 is 1.20. The molecule has 2 heterocycles. The number of aromatic amines is 1. The summed E-state index contributed by atoms with van der Waals surface area (Å²) in [5, 5.41) is 9.93. The summed E-state index contributed by atoms with van der Waals surface area (Å²) in [5.74, 6) is 0.540. The predicted octanol–water partition coefficient (Wildman–Crippen LogP) is 1.17. The van der Waals surface area contributed by atoms with E-state index in [9.17, 15) is 13.2 Å². The van der Waals surface area contributed by atoms with Crippen LogP contribution in [0.25, 0.3) is 0 Å². The van der Waals surface area contributed by atoms with Gasteiger partial charge in [0.25, 0.3) is 0 Å². The van der Waals surface area contributed by atoms with Crippen LogP contribution in [-0.2, 0) is 19.6 Å². The molecule has 1 aromatic heterocycles. The van der Waals surface area contributed by atoms with E-state index < -0.39 is 10.0 Å². The van der Waals surface area contributed by atoms with Gasteiger partial charge >= 0.3 is 0 Å². The number of hydrogen-bond donors (Lipinski definition) is 2. The van der Waals surface area contributed by atoms with Gasteiger partial charge in [-0.25, -0.2) is 13.4 Å². The fourth-order valence-corrected chi connectivity index (χ4v) is 4.61. The molecule has 2 N–H and O–H groups in total. The van der Waals surface area contributed by atoms with Crippen molar-refractivity contribution >= 4 is 33.4 Å². The molecule has 0 bridgehead atoms. The highest BCUT2D eigenvalue weighted by molar-refractivity contribution is 7.99. The van der Waals surface area contributed by atoms with Crippen molar-refractivity contribution in [3.05, 3.63) is 29.6 Å². The van der Waals surface area contributed by atoms with Gasteiger partial charge in [0.15, 0.2) is 0 Å². The number of thioether (sulfide) groups is 1. The molecule has 1 saturated heterocycles. The molecule has 0 unspecified atom stereocenters. The van der Waals surface area contributed by atoms with Crippen LogP contribution in [0.15, 0.2) is 28.3 Å². The first kappa shape index (κ1) is 19.8. The Balaban J connectivity index is 1.70. The maximum Gasteiger partial charge on any atom is 0.243 e. The van der Waals surface area contributed by atoms with Gasteiger partial charge in [0, 0.05) is 18.8 Å². The summed E-state index contributed by atoms with van der Waals surface area (Å²) in [6.07, 6.45) is 0. The maximum atomic E-state index is 12.8. The predicted molar refractivity (Wildman–Crippen MR) is 101 cm³/mol. The van der Waals surface area contributed by atoms with Crippen LogP contribution in [0.4, 0.5) is 5.69 Å². The monoisotopic (exact) mass is 411 g/mol. The molecule has 146 valence electrons. The molecular weight excluding hydrogens is 390 g/mol. The average molecular weight is 412 g/mol. The number of nitrogens with zero attached hydrogens (tertiary/aromatic N) is 3. The van der Waals surface area contributed by atoms with Crippen molar-refractivity contribution in [2.75, 3.05) is 37.4 Å². The van der Waals surface area contributed by atoms with Crippen LogP contribution in [0, 0.1) is 13.8 Å². The lowest BCUT2D eigenvalue weighted by Crippen LogP contribution is -2.40. The zero-order valence-corrected chi connectivity index (χ0v) is 16.7. The number of carbonyl (C=O) groups excluding carboxylic acids is 1. The van der Waals surface area contributed by atoms with Crippen LogP contribution < -0.4 is 5.32 Å². The Labute approximate surface area is 161 Å². The molecule has 0 atom stereocenters. The van der Waals surface area contributed by atoms with Gasteiger partial charge < -0.3 is 10.1 Å². The summed E-state index contributed by atoms with van der Waals surface area (Å²) in [7, 11) is -3.62. The Kier molecular flexibility index (Phi) is 6.15. The van der Waals surface area contributed by atoms with E-state index >= 15 is 0 Å². The number of anilines is 1.